The monoisotopic (exact) mass is 356 g/mol. The zero-order chi connectivity index (χ0) is 18.4. The van der Waals surface area contributed by atoms with Gasteiger partial charge in [-0.1, -0.05) is 19.9 Å². The normalized spacial score (nSPS) is 45.3. The van der Waals surface area contributed by atoms with Crippen LogP contribution < -0.4 is 0 Å². The molecule has 5 rings (SSSR count). The van der Waals surface area contributed by atoms with Crippen molar-refractivity contribution in [3.63, 3.8) is 0 Å². The van der Waals surface area contributed by atoms with Gasteiger partial charge in [-0.3, -0.25) is 4.79 Å². The number of hydrogen-bond donors (Lipinski definition) is 2. The number of rotatable bonds is 2. The molecule has 0 bridgehead atoms. The lowest BCUT2D eigenvalue weighted by atomic mass is 9.53. The Labute approximate surface area is 154 Å². The Kier molecular flexibility index (Phi) is 3.29. The van der Waals surface area contributed by atoms with Crippen molar-refractivity contribution >= 4 is 5.78 Å². The second kappa shape index (κ2) is 5.11. The standard InChI is InChI=1S/C22H28O4/c1-11-4-7-16(24)20-13(11)5-6-14-15-8-12(2)19(17(25)10-23)21(15,3)9-18-22(14,20)26-18/h4,7,12,14-15,18-19,23-24H,5-6,8-10H2,1-3H3/t12?,14-,15-,18?,19+,21-,22-/m0/s1. The van der Waals surface area contributed by atoms with Crippen molar-refractivity contribution in [1.82, 2.24) is 0 Å². The summed E-state index contributed by atoms with van der Waals surface area (Å²) < 4.78 is 6.40. The van der Waals surface area contributed by atoms with E-state index in [1.54, 1.807) is 0 Å². The minimum atomic E-state index is -0.360. The van der Waals surface area contributed by atoms with E-state index in [1.165, 1.54) is 11.1 Å². The van der Waals surface area contributed by atoms with Crippen molar-refractivity contribution < 1.29 is 19.7 Å². The summed E-state index contributed by atoms with van der Waals surface area (Å²) in [6.07, 6.45) is 3.97. The Morgan fingerprint density at radius 1 is 1.35 bits per heavy atom. The molecule has 2 N–H and O–H groups in total. The van der Waals surface area contributed by atoms with Crippen LogP contribution in [0.25, 0.3) is 0 Å². The summed E-state index contributed by atoms with van der Waals surface area (Å²) in [6.45, 7) is 6.17. The number of carbonyl (C=O) groups is 1. The van der Waals surface area contributed by atoms with Crippen molar-refractivity contribution in [2.75, 3.05) is 6.61 Å². The number of ketones is 1. The van der Waals surface area contributed by atoms with Crippen LogP contribution in [0.4, 0.5) is 0 Å². The van der Waals surface area contributed by atoms with Crippen LogP contribution in [0.2, 0.25) is 0 Å². The number of hydrogen-bond acceptors (Lipinski definition) is 4. The maximum absolute atomic E-state index is 12.5. The lowest BCUT2D eigenvalue weighted by molar-refractivity contribution is -0.131. The molecule has 3 aliphatic carbocycles. The molecule has 140 valence electrons. The molecular formula is C22H28O4. The van der Waals surface area contributed by atoms with E-state index in [-0.39, 0.29) is 35.4 Å². The molecule has 3 fully saturated rings. The number of aliphatic hydroxyl groups excluding tert-OH is 1. The predicted molar refractivity (Wildman–Crippen MR) is 96.8 cm³/mol. The average Bonchev–Trinajstić information content (AvgIpc) is 3.22. The minimum Gasteiger partial charge on any atom is -0.508 e. The molecular weight excluding hydrogens is 328 g/mol. The average molecular weight is 356 g/mol. The highest BCUT2D eigenvalue weighted by Crippen LogP contribution is 2.73. The molecule has 1 aromatic carbocycles. The van der Waals surface area contributed by atoms with Gasteiger partial charge in [0.2, 0.25) is 0 Å². The first kappa shape index (κ1) is 16.8. The van der Waals surface area contributed by atoms with Gasteiger partial charge in [-0.2, -0.15) is 0 Å². The van der Waals surface area contributed by atoms with Crippen LogP contribution in [-0.2, 0) is 21.6 Å². The number of fused-ring (bicyclic) bond motifs is 3. The molecule has 2 unspecified atom stereocenters. The molecule has 1 aliphatic heterocycles. The number of carbonyl (C=O) groups excluding carboxylic acids is 1. The second-order valence-electron chi connectivity index (χ2n) is 9.43. The van der Waals surface area contributed by atoms with Gasteiger partial charge in [-0.15, -0.1) is 0 Å². The van der Waals surface area contributed by atoms with Gasteiger partial charge in [0.15, 0.2) is 5.78 Å². The molecule has 2 saturated carbocycles. The van der Waals surface area contributed by atoms with Gasteiger partial charge in [0.05, 0.1) is 6.10 Å². The smallest absolute Gasteiger partial charge is 0.162 e. The van der Waals surface area contributed by atoms with Crippen LogP contribution in [0, 0.1) is 36.0 Å². The Hall–Kier alpha value is -1.39. The van der Waals surface area contributed by atoms with E-state index >= 15 is 0 Å². The molecule has 0 radical (unpaired) electrons. The van der Waals surface area contributed by atoms with Crippen LogP contribution in [0.1, 0.15) is 49.8 Å². The first-order valence-corrected chi connectivity index (χ1v) is 9.98. The highest BCUT2D eigenvalue weighted by Gasteiger charge is 2.75. The van der Waals surface area contributed by atoms with E-state index < -0.39 is 0 Å². The van der Waals surface area contributed by atoms with E-state index in [0.717, 1.165) is 31.2 Å². The molecule has 1 heterocycles. The third-order valence-corrected chi connectivity index (χ3v) is 8.30. The van der Waals surface area contributed by atoms with Crippen LogP contribution in [0.3, 0.4) is 0 Å². The summed E-state index contributed by atoms with van der Waals surface area (Å²) >= 11 is 0. The number of phenolic OH excluding ortho intramolecular Hbond substituents is 1. The summed E-state index contributed by atoms with van der Waals surface area (Å²) in [4.78, 5) is 12.5. The zero-order valence-electron chi connectivity index (χ0n) is 15.8. The fourth-order valence-electron chi connectivity index (χ4n) is 7.41. The first-order valence-electron chi connectivity index (χ1n) is 9.98. The van der Waals surface area contributed by atoms with E-state index in [9.17, 15) is 15.0 Å². The molecule has 26 heavy (non-hydrogen) atoms. The SMILES string of the molecule is Cc1ccc(O)c2c1CC[C@H]1[C@@H]3CC(C)[C@H](C(=O)CO)[C@@]3(C)CC3O[C@]231. The third kappa shape index (κ3) is 1.80. The van der Waals surface area contributed by atoms with Gasteiger partial charge < -0.3 is 14.9 Å². The van der Waals surface area contributed by atoms with E-state index in [0.29, 0.717) is 23.5 Å². The number of Topliss-reactive ketones (excluding diaryl/α,β-unsaturated/α-hetero) is 1. The van der Waals surface area contributed by atoms with Crippen LogP contribution in [0.15, 0.2) is 12.1 Å². The predicted octanol–water partition coefficient (Wildman–Crippen LogP) is 3.10. The summed E-state index contributed by atoms with van der Waals surface area (Å²) in [5.74, 6) is 1.34. The van der Waals surface area contributed by atoms with Gasteiger partial charge in [-0.25, -0.2) is 0 Å². The molecule has 4 heteroatoms. The summed E-state index contributed by atoms with van der Waals surface area (Å²) in [5, 5.41) is 20.2. The zero-order valence-corrected chi connectivity index (χ0v) is 15.8. The molecule has 1 aromatic rings. The quantitative estimate of drug-likeness (QED) is 0.799. The van der Waals surface area contributed by atoms with Crippen LogP contribution in [-0.4, -0.2) is 28.7 Å². The fourth-order valence-corrected chi connectivity index (χ4v) is 7.41. The molecule has 7 atom stereocenters. The van der Waals surface area contributed by atoms with Crippen molar-refractivity contribution in [2.24, 2.45) is 29.1 Å². The highest BCUT2D eigenvalue weighted by atomic mass is 16.6. The Balaban J connectivity index is 1.61. The Morgan fingerprint density at radius 2 is 2.12 bits per heavy atom. The second-order valence-corrected chi connectivity index (χ2v) is 9.43. The molecule has 1 spiro atoms. The van der Waals surface area contributed by atoms with Crippen molar-refractivity contribution in [3.8, 4) is 5.75 Å². The van der Waals surface area contributed by atoms with E-state index in [1.807, 2.05) is 12.1 Å². The molecule has 0 amide bonds. The number of aromatic hydroxyl groups is 1. The number of ether oxygens (including phenoxy) is 1. The topological polar surface area (TPSA) is 70.1 Å². The first-order chi connectivity index (χ1) is 12.3. The summed E-state index contributed by atoms with van der Waals surface area (Å²) in [6, 6.07) is 3.82. The third-order valence-electron chi connectivity index (χ3n) is 8.30. The maximum atomic E-state index is 12.5. The summed E-state index contributed by atoms with van der Waals surface area (Å²) in [5.41, 5.74) is 3.09. The Morgan fingerprint density at radius 3 is 2.85 bits per heavy atom. The number of phenols is 1. The van der Waals surface area contributed by atoms with Gasteiger partial charge in [0.1, 0.15) is 18.0 Å². The minimum absolute atomic E-state index is 0.00875. The number of aliphatic hydroxyl groups is 1. The van der Waals surface area contributed by atoms with Crippen LogP contribution >= 0.6 is 0 Å². The van der Waals surface area contributed by atoms with Gasteiger partial charge in [-0.05, 0) is 73.0 Å². The maximum Gasteiger partial charge on any atom is 0.162 e. The largest absolute Gasteiger partial charge is 0.508 e. The molecule has 4 aliphatic rings. The molecule has 0 aromatic heterocycles. The summed E-state index contributed by atoms with van der Waals surface area (Å²) in [7, 11) is 0. The van der Waals surface area contributed by atoms with Gasteiger partial charge in [0, 0.05) is 11.5 Å². The van der Waals surface area contributed by atoms with E-state index in [2.05, 4.69) is 20.8 Å². The van der Waals surface area contributed by atoms with Crippen molar-refractivity contribution in [2.45, 2.75) is 58.2 Å². The van der Waals surface area contributed by atoms with Gasteiger partial charge in [0.25, 0.3) is 0 Å². The molecule has 4 nitrogen and oxygen atoms in total. The van der Waals surface area contributed by atoms with E-state index in [4.69, 9.17) is 4.74 Å². The number of aryl methyl sites for hydroxylation is 1. The number of benzene rings is 1. The molecule has 1 saturated heterocycles. The van der Waals surface area contributed by atoms with Crippen molar-refractivity contribution in [1.29, 1.82) is 0 Å². The van der Waals surface area contributed by atoms with Gasteiger partial charge >= 0.3 is 0 Å². The Bertz CT molecular complexity index is 802. The van der Waals surface area contributed by atoms with Crippen molar-refractivity contribution in [3.05, 3.63) is 28.8 Å². The fraction of sp³-hybridized carbons (Fsp3) is 0.682. The number of epoxide rings is 1. The van der Waals surface area contributed by atoms with Crippen LogP contribution in [0.5, 0.6) is 5.75 Å². The highest BCUT2D eigenvalue weighted by molar-refractivity contribution is 5.83. The lowest BCUT2D eigenvalue weighted by Crippen LogP contribution is -2.49. The lowest BCUT2D eigenvalue weighted by Gasteiger charge is -2.48.